The highest BCUT2D eigenvalue weighted by atomic mass is 32.1. The first-order valence-corrected chi connectivity index (χ1v) is 8.78. The Morgan fingerprint density at radius 3 is 2.48 bits per heavy atom. The van der Waals surface area contributed by atoms with Gasteiger partial charge in [-0.15, -0.1) is 5.10 Å². The number of rotatable bonds is 5. The monoisotopic (exact) mass is 382 g/mol. The van der Waals surface area contributed by atoms with Crippen molar-refractivity contribution in [1.82, 2.24) is 4.98 Å². The third-order valence-electron chi connectivity index (χ3n) is 3.70. The second-order valence-corrected chi connectivity index (χ2v) is 6.60. The van der Waals surface area contributed by atoms with Crippen LogP contribution in [0.2, 0.25) is 0 Å². The van der Waals surface area contributed by atoms with E-state index in [0.717, 1.165) is 15.8 Å². The highest BCUT2D eigenvalue weighted by Gasteiger charge is 2.12. The number of aromatic nitrogens is 1. The minimum absolute atomic E-state index is 0.113. The highest BCUT2D eigenvalue weighted by molar-refractivity contribution is 7.22. The number of methoxy groups -OCH3 is 1. The predicted octanol–water partition coefficient (Wildman–Crippen LogP) is 2.55. The van der Waals surface area contributed by atoms with Gasteiger partial charge in [0.2, 0.25) is 5.96 Å². The lowest BCUT2D eigenvalue weighted by Gasteiger charge is -2.03. The Hall–Kier alpha value is -3.46. The number of benzene rings is 2. The zero-order chi connectivity index (χ0) is 19.4. The van der Waals surface area contributed by atoms with Crippen LogP contribution in [0.15, 0.2) is 52.7 Å². The number of hydrogen-bond donors (Lipinski definition) is 3. The molecule has 0 saturated heterocycles. The van der Waals surface area contributed by atoms with Gasteiger partial charge in [-0.3, -0.25) is 10.1 Å². The molecule has 2 aromatic carbocycles. The average Bonchev–Trinajstić information content (AvgIpc) is 3.08. The third kappa shape index (κ3) is 4.21. The Morgan fingerprint density at radius 1 is 1.11 bits per heavy atom. The number of amides is 1. The number of carbonyl (C=O) groups is 1. The number of nitrogens with one attached hydrogen (secondary N) is 1. The maximum absolute atomic E-state index is 12.5. The molecular weight excluding hydrogens is 364 g/mol. The fourth-order valence-corrected chi connectivity index (χ4v) is 3.24. The molecular formula is C18H18N6O2S. The van der Waals surface area contributed by atoms with Crippen LogP contribution in [0.1, 0.15) is 22.8 Å². The van der Waals surface area contributed by atoms with Gasteiger partial charge in [-0.05, 0) is 36.8 Å². The number of nitrogens with zero attached hydrogens (tertiary/aromatic N) is 3. The number of fused-ring (bicyclic) bond motifs is 1. The van der Waals surface area contributed by atoms with Gasteiger partial charge in [-0.2, -0.15) is 5.10 Å². The lowest BCUT2D eigenvalue weighted by molar-refractivity contribution is 0.102. The quantitative estimate of drug-likeness (QED) is 0.355. The van der Waals surface area contributed by atoms with Crippen LogP contribution in [0, 0.1) is 0 Å². The molecule has 1 heterocycles. The van der Waals surface area contributed by atoms with E-state index < -0.39 is 0 Å². The molecule has 0 fully saturated rings. The molecule has 3 aromatic rings. The molecule has 1 aromatic heterocycles. The fourth-order valence-electron chi connectivity index (χ4n) is 2.36. The highest BCUT2D eigenvalue weighted by Crippen LogP contribution is 2.32. The van der Waals surface area contributed by atoms with Gasteiger partial charge in [0.25, 0.3) is 5.91 Å². The fraction of sp³-hybridized carbons (Fsp3) is 0.111. The molecule has 3 rings (SSSR count). The molecule has 0 spiro atoms. The summed E-state index contributed by atoms with van der Waals surface area (Å²) in [4.78, 5) is 16.9. The summed E-state index contributed by atoms with van der Waals surface area (Å²) in [5.74, 6) is 0.306. The number of hydrogen-bond acceptors (Lipinski definition) is 6. The van der Waals surface area contributed by atoms with Crippen LogP contribution in [-0.4, -0.2) is 29.7 Å². The topological polar surface area (TPSA) is 128 Å². The van der Waals surface area contributed by atoms with Gasteiger partial charge in [0.1, 0.15) is 11.3 Å². The van der Waals surface area contributed by atoms with Gasteiger partial charge < -0.3 is 16.2 Å². The van der Waals surface area contributed by atoms with Crippen molar-refractivity contribution in [2.45, 2.75) is 6.92 Å². The van der Waals surface area contributed by atoms with Crippen molar-refractivity contribution in [3.05, 3.63) is 53.6 Å². The molecule has 5 N–H and O–H groups in total. The van der Waals surface area contributed by atoms with E-state index in [0.29, 0.717) is 22.2 Å². The minimum atomic E-state index is -0.251. The predicted molar refractivity (Wildman–Crippen MR) is 109 cm³/mol. The number of para-hydroxylation sites is 1. The van der Waals surface area contributed by atoms with E-state index in [1.54, 1.807) is 38.3 Å². The van der Waals surface area contributed by atoms with Crippen molar-refractivity contribution in [3.8, 4) is 5.75 Å². The minimum Gasteiger partial charge on any atom is -0.494 e. The molecule has 0 atom stereocenters. The van der Waals surface area contributed by atoms with Crippen LogP contribution in [0.5, 0.6) is 5.75 Å². The van der Waals surface area contributed by atoms with Crippen molar-refractivity contribution >= 4 is 44.3 Å². The molecule has 0 aliphatic rings. The second-order valence-electron chi connectivity index (χ2n) is 5.57. The Morgan fingerprint density at radius 2 is 1.81 bits per heavy atom. The molecule has 0 bridgehead atoms. The largest absolute Gasteiger partial charge is 0.494 e. The van der Waals surface area contributed by atoms with Crippen molar-refractivity contribution < 1.29 is 9.53 Å². The average molecular weight is 382 g/mol. The number of thiazole rings is 1. The Kier molecular flexibility index (Phi) is 5.32. The Labute approximate surface area is 159 Å². The summed E-state index contributed by atoms with van der Waals surface area (Å²) >= 11 is 1.39. The van der Waals surface area contributed by atoms with Crippen LogP contribution in [-0.2, 0) is 0 Å². The van der Waals surface area contributed by atoms with E-state index in [4.69, 9.17) is 16.2 Å². The maximum atomic E-state index is 12.5. The van der Waals surface area contributed by atoms with E-state index in [9.17, 15) is 4.79 Å². The molecule has 9 heteroatoms. The maximum Gasteiger partial charge on any atom is 0.257 e. The van der Waals surface area contributed by atoms with Crippen LogP contribution < -0.4 is 21.5 Å². The SMILES string of the molecule is COc1cccc2sc(NC(=O)c3ccc(C(C)=NN=C(N)N)cc3)nc12. The molecule has 138 valence electrons. The van der Waals surface area contributed by atoms with Crippen molar-refractivity contribution in [3.63, 3.8) is 0 Å². The second kappa shape index (κ2) is 7.83. The summed E-state index contributed by atoms with van der Waals surface area (Å²) in [5, 5.41) is 10.8. The Bertz CT molecular complexity index is 1040. The number of anilines is 1. The number of ether oxygens (including phenoxy) is 1. The molecule has 1 amide bonds. The smallest absolute Gasteiger partial charge is 0.257 e. The van der Waals surface area contributed by atoms with Crippen molar-refractivity contribution in [2.24, 2.45) is 21.7 Å². The number of carbonyl (C=O) groups excluding carboxylic acids is 1. The van der Waals surface area contributed by atoms with E-state index in [1.165, 1.54) is 11.3 Å². The van der Waals surface area contributed by atoms with E-state index in [2.05, 4.69) is 20.5 Å². The third-order valence-corrected chi connectivity index (χ3v) is 4.64. The molecule has 8 nitrogen and oxygen atoms in total. The van der Waals surface area contributed by atoms with Crippen LogP contribution in [0.25, 0.3) is 10.2 Å². The summed E-state index contributed by atoms with van der Waals surface area (Å²) in [6, 6.07) is 12.6. The summed E-state index contributed by atoms with van der Waals surface area (Å²) in [5.41, 5.74) is 13.2. The first-order chi connectivity index (χ1) is 13.0. The first kappa shape index (κ1) is 18.3. The number of nitrogens with two attached hydrogens (primary N) is 2. The van der Waals surface area contributed by atoms with Crippen LogP contribution in [0.4, 0.5) is 5.13 Å². The standard InChI is InChI=1S/C18H18N6O2S/c1-10(23-24-17(19)20)11-6-8-12(9-7-11)16(25)22-18-21-15-13(26-2)4-3-5-14(15)27-18/h3-9H,1-2H3,(H4,19,20,24)(H,21,22,25). The summed E-state index contributed by atoms with van der Waals surface area (Å²) < 4.78 is 6.23. The Balaban J connectivity index is 1.77. The van der Waals surface area contributed by atoms with Gasteiger partial charge in [0.15, 0.2) is 5.13 Å². The van der Waals surface area contributed by atoms with Gasteiger partial charge in [0.05, 0.1) is 17.5 Å². The molecule has 0 saturated carbocycles. The van der Waals surface area contributed by atoms with E-state index in [-0.39, 0.29) is 11.9 Å². The first-order valence-electron chi connectivity index (χ1n) is 7.96. The van der Waals surface area contributed by atoms with Gasteiger partial charge in [0, 0.05) is 5.56 Å². The van der Waals surface area contributed by atoms with E-state index >= 15 is 0 Å². The van der Waals surface area contributed by atoms with Crippen LogP contribution in [0.3, 0.4) is 0 Å². The van der Waals surface area contributed by atoms with Gasteiger partial charge in [-0.1, -0.05) is 29.5 Å². The van der Waals surface area contributed by atoms with E-state index in [1.807, 2.05) is 18.2 Å². The van der Waals surface area contributed by atoms with Gasteiger partial charge >= 0.3 is 0 Å². The summed E-state index contributed by atoms with van der Waals surface area (Å²) in [6.07, 6.45) is 0. The lowest BCUT2D eigenvalue weighted by Crippen LogP contribution is -2.22. The number of guanidine groups is 1. The summed E-state index contributed by atoms with van der Waals surface area (Å²) in [6.45, 7) is 1.77. The molecule has 0 unspecified atom stereocenters. The van der Waals surface area contributed by atoms with Crippen molar-refractivity contribution in [2.75, 3.05) is 12.4 Å². The van der Waals surface area contributed by atoms with Crippen LogP contribution >= 0.6 is 11.3 Å². The van der Waals surface area contributed by atoms with Gasteiger partial charge in [-0.25, -0.2) is 4.98 Å². The normalized spacial score (nSPS) is 11.3. The molecule has 0 aliphatic heterocycles. The molecule has 27 heavy (non-hydrogen) atoms. The zero-order valence-corrected chi connectivity index (χ0v) is 15.6. The molecule has 0 radical (unpaired) electrons. The lowest BCUT2D eigenvalue weighted by atomic mass is 10.1. The zero-order valence-electron chi connectivity index (χ0n) is 14.8. The molecule has 0 aliphatic carbocycles. The van der Waals surface area contributed by atoms with Crippen molar-refractivity contribution in [1.29, 1.82) is 0 Å². The summed E-state index contributed by atoms with van der Waals surface area (Å²) in [7, 11) is 1.59.